The molecule has 32 heavy (non-hydrogen) atoms. The molecule has 0 aliphatic heterocycles. The van der Waals surface area contributed by atoms with Crippen LogP contribution in [0.25, 0.3) is 22.2 Å². The Bertz CT molecular complexity index is 1050. The molecule has 168 valence electrons. The Balaban J connectivity index is 1.67. The molecule has 1 N–H and O–H groups in total. The molecule has 0 fully saturated rings. The molecular weight excluding hydrogens is 394 g/mol. The second kappa shape index (κ2) is 12.1. The molecule has 2 aromatic carbocycles. The van der Waals surface area contributed by atoms with Crippen molar-refractivity contribution in [2.24, 2.45) is 5.10 Å². The van der Waals surface area contributed by atoms with E-state index in [1.807, 2.05) is 49.4 Å². The van der Waals surface area contributed by atoms with E-state index in [0.29, 0.717) is 5.56 Å². The number of carbonyl (C=O) groups excluding carboxylic acids is 1. The van der Waals surface area contributed by atoms with Gasteiger partial charge >= 0.3 is 0 Å². The Morgan fingerprint density at radius 3 is 2.38 bits per heavy atom. The minimum atomic E-state index is -0.198. The number of nitrogens with zero attached hydrogens (tertiary/aromatic N) is 2. The van der Waals surface area contributed by atoms with Crippen molar-refractivity contribution in [3.8, 4) is 11.3 Å². The van der Waals surface area contributed by atoms with E-state index in [-0.39, 0.29) is 5.91 Å². The van der Waals surface area contributed by atoms with Gasteiger partial charge in [-0.1, -0.05) is 93.5 Å². The molecular formula is C28H35N3O. The summed E-state index contributed by atoms with van der Waals surface area (Å²) in [6, 6.07) is 17.8. The van der Waals surface area contributed by atoms with Gasteiger partial charge in [-0.25, -0.2) is 10.4 Å². The van der Waals surface area contributed by atoms with E-state index in [1.54, 1.807) is 0 Å². The highest BCUT2D eigenvalue weighted by atomic mass is 16.2. The van der Waals surface area contributed by atoms with Gasteiger partial charge in [-0.2, -0.15) is 5.10 Å². The molecule has 0 spiro atoms. The smallest absolute Gasteiger partial charge is 0.267 e. The van der Waals surface area contributed by atoms with Gasteiger partial charge in [0.1, 0.15) is 0 Å². The summed E-state index contributed by atoms with van der Waals surface area (Å²) in [7, 11) is 0. The quantitative estimate of drug-likeness (QED) is 0.195. The molecule has 1 aromatic heterocycles. The van der Waals surface area contributed by atoms with E-state index in [2.05, 4.69) is 36.5 Å². The number of unbranched alkanes of at least 4 members (excludes halogenated alkanes) is 6. The zero-order chi connectivity index (χ0) is 22.8. The van der Waals surface area contributed by atoms with Crippen molar-refractivity contribution in [3.63, 3.8) is 0 Å². The largest absolute Gasteiger partial charge is 0.272 e. The molecule has 0 radical (unpaired) electrons. The van der Waals surface area contributed by atoms with Crippen molar-refractivity contribution < 1.29 is 4.79 Å². The second-order valence-corrected chi connectivity index (χ2v) is 8.60. The van der Waals surface area contributed by atoms with Gasteiger partial charge in [-0.3, -0.25) is 4.79 Å². The third kappa shape index (κ3) is 6.74. The van der Waals surface area contributed by atoms with Gasteiger partial charge in [-0.05, 0) is 38.8 Å². The van der Waals surface area contributed by atoms with Gasteiger partial charge in [0.05, 0.1) is 16.8 Å². The van der Waals surface area contributed by atoms with Crippen molar-refractivity contribution >= 4 is 22.5 Å². The van der Waals surface area contributed by atoms with Crippen LogP contribution in [0, 0.1) is 6.92 Å². The SMILES string of the molecule is CCCCCCCCC/C(C)=N\NC(=O)c1cc(-c2ccc(C)cc2)nc2ccccc12. The zero-order valence-corrected chi connectivity index (χ0v) is 19.7. The Morgan fingerprint density at radius 2 is 1.62 bits per heavy atom. The molecule has 0 aliphatic rings. The standard InChI is InChI=1S/C28H35N3O/c1-4-5-6-7-8-9-10-13-22(3)30-31-28(32)25-20-27(23-18-16-21(2)17-19-23)29-26-15-12-11-14-24(25)26/h11-12,14-20H,4-10,13H2,1-3H3,(H,31,32)/b30-22-. The summed E-state index contributed by atoms with van der Waals surface area (Å²) >= 11 is 0. The van der Waals surface area contributed by atoms with Gasteiger partial charge in [0.15, 0.2) is 0 Å². The van der Waals surface area contributed by atoms with Gasteiger partial charge < -0.3 is 0 Å². The van der Waals surface area contributed by atoms with Crippen molar-refractivity contribution in [2.75, 3.05) is 0 Å². The number of aryl methyl sites for hydroxylation is 1. The van der Waals surface area contributed by atoms with E-state index >= 15 is 0 Å². The first-order valence-corrected chi connectivity index (χ1v) is 11.9. The molecule has 3 rings (SSSR count). The number of para-hydroxylation sites is 1. The average Bonchev–Trinajstić information content (AvgIpc) is 2.81. The molecule has 0 atom stereocenters. The summed E-state index contributed by atoms with van der Waals surface area (Å²) in [5, 5.41) is 5.20. The van der Waals surface area contributed by atoms with Crippen LogP contribution in [0.3, 0.4) is 0 Å². The Kier molecular flexibility index (Phi) is 8.97. The Hall–Kier alpha value is -3.01. The fraction of sp³-hybridized carbons (Fsp3) is 0.393. The summed E-state index contributed by atoms with van der Waals surface area (Å²) in [4.78, 5) is 17.8. The first-order valence-electron chi connectivity index (χ1n) is 11.9. The summed E-state index contributed by atoms with van der Waals surface area (Å²) in [6.07, 6.45) is 9.81. The third-order valence-electron chi connectivity index (χ3n) is 5.80. The Morgan fingerprint density at radius 1 is 0.938 bits per heavy atom. The minimum absolute atomic E-state index is 0.198. The number of nitrogens with one attached hydrogen (secondary N) is 1. The van der Waals surface area contributed by atoms with E-state index in [0.717, 1.165) is 40.7 Å². The van der Waals surface area contributed by atoms with Crippen LogP contribution in [0.15, 0.2) is 59.7 Å². The van der Waals surface area contributed by atoms with E-state index in [1.165, 1.54) is 44.1 Å². The van der Waals surface area contributed by atoms with Gasteiger partial charge in [-0.15, -0.1) is 0 Å². The molecule has 1 amide bonds. The number of rotatable bonds is 11. The number of hydrogen-bond donors (Lipinski definition) is 1. The molecule has 1 heterocycles. The predicted octanol–water partition coefficient (Wildman–Crippen LogP) is 7.46. The lowest BCUT2D eigenvalue weighted by molar-refractivity contribution is 0.0956. The van der Waals surface area contributed by atoms with Crippen molar-refractivity contribution in [3.05, 3.63) is 65.7 Å². The van der Waals surface area contributed by atoms with Crippen molar-refractivity contribution in [1.29, 1.82) is 0 Å². The number of aromatic nitrogens is 1. The lowest BCUT2D eigenvalue weighted by atomic mass is 10.0. The monoisotopic (exact) mass is 429 g/mol. The summed E-state index contributed by atoms with van der Waals surface area (Å²) in [5.74, 6) is -0.198. The van der Waals surface area contributed by atoms with Gasteiger partial charge in [0.2, 0.25) is 0 Å². The number of benzene rings is 2. The minimum Gasteiger partial charge on any atom is -0.267 e. The van der Waals surface area contributed by atoms with Crippen LogP contribution in [0.4, 0.5) is 0 Å². The number of hydrogen-bond acceptors (Lipinski definition) is 3. The van der Waals surface area contributed by atoms with E-state index in [9.17, 15) is 4.79 Å². The molecule has 3 aromatic rings. The first-order chi connectivity index (χ1) is 15.6. The van der Waals surface area contributed by atoms with Crippen LogP contribution in [-0.2, 0) is 0 Å². The topological polar surface area (TPSA) is 54.4 Å². The van der Waals surface area contributed by atoms with Crippen molar-refractivity contribution in [1.82, 2.24) is 10.4 Å². The van der Waals surface area contributed by atoms with E-state index < -0.39 is 0 Å². The summed E-state index contributed by atoms with van der Waals surface area (Å²) in [5.41, 5.74) is 8.11. The fourth-order valence-corrected chi connectivity index (χ4v) is 3.84. The highest BCUT2D eigenvalue weighted by Gasteiger charge is 2.13. The lowest BCUT2D eigenvalue weighted by Crippen LogP contribution is -2.19. The third-order valence-corrected chi connectivity index (χ3v) is 5.80. The average molecular weight is 430 g/mol. The van der Waals surface area contributed by atoms with Crippen LogP contribution in [-0.4, -0.2) is 16.6 Å². The van der Waals surface area contributed by atoms with Gasteiger partial charge in [0, 0.05) is 16.7 Å². The Labute approximate surface area is 192 Å². The first kappa shape index (κ1) is 23.6. The normalized spacial score (nSPS) is 11.7. The number of hydrazone groups is 1. The van der Waals surface area contributed by atoms with Crippen LogP contribution in [0.2, 0.25) is 0 Å². The highest BCUT2D eigenvalue weighted by Crippen LogP contribution is 2.25. The molecule has 0 saturated heterocycles. The maximum atomic E-state index is 13.0. The fourth-order valence-electron chi connectivity index (χ4n) is 3.84. The molecule has 0 aliphatic carbocycles. The number of amides is 1. The molecule has 0 saturated carbocycles. The summed E-state index contributed by atoms with van der Waals surface area (Å²) < 4.78 is 0. The second-order valence-electron chi connectivity index (χ2n) is 8.60. The molecule has 4 nitrogen and oxygen atoms in total. The molecule has 0 bridgehead atoms. The van der Waals surface area contributed by atoms with E-state index in [4.69, 9.17) is 4.98 Å². The zero-order valence-electron chi connectivity index (χ0n) is 19.7. The highest BCUT2D eigenvalue weighted by molar-refractivity contribution is 6.07. The maximum absolute atomic E-state index is 13.0. The molecule has 4 heteroatoms. The van der Waals surface area contributed by atoms with Crippen LogP contribution in [0.5, 0.6) is 0 Å². The van der Waals surface area contributed by atoms with Crippen LogP contribution >= 0.6 is 0 Å². The number of fused-ring (bicyclic) bond motifs is 1. The molecule has 0 unspecified atom stereocenters. The maximum Gasteiger partial charge on any atom is 0.272 e. The lowest BCUT2D eigenvalue weighted by Gasteiger charge is -2.10. The predicted molar refractivity (Wildman–Crippen MR) is 135 cm³/mol. The summed E-state index contributed by atoms with van der Waals surface area (Å²) in [6.45, 7) is 6.29. The van der Waals surface area contributed by atoms with Crippen LogP contribution in [0.1, 0.15) is 81.1 Å². The van der Waals surface area contributed by atoms with Crippen molar-refractivity contribution in [2.45, 2.75) is 72.1 Å². The number of pyridine rings is 1. The number of carbonyl (C=O) groups is 1. The van der Waals surface area contributed by atoms with Crippen LogP contribution < -0.4 is 5.43 Å². The van der Waals surface area contributed by atoms with Gasteiger partial charge in [0.25, 0.3) is 5.91 Å².